The predicted octanol–water partition coefficient (Wildman–Crippen LogP) is 10.2. The molecule has 120 heavy (non-hydrogen) atoms. The van der Waals surface area contributed by atoms with Crippen LogP contribution < -0.4 is 22.2 Å². The Bertz CT molecular complexity index is 6020. The van der Waals surface area contributed by atoms with E-state index < -0.39 is 21.2 Å². The Hall–Kier alpha value is -11.0. The number of carbonyl (C=O) groups is 3. The Morgan fingerprint density at radius 2 is 0.708 bits per heavy atom. The summed E-state index contributed by atoms with van der Waals surface area (Å²) in [6, 6.07) is 31.0. The van der Waals surface area contributed by atoms with Gasteiger partial charge >= 0.3 is 0 Å². The third-order valence-electron chi connectivity index (χ3n) is 25.3. The van der Waals surface area contributed by atoms with Gasteiger partial charge in [0.05, 0.1) is 50.4 Å². The van der Waals surface area contributed by atoms with Gasteiger partial charge in [0.1, 0.15) is 11.2 Å². The van der Waals surface area contributed by atoms with Crippen molar-refractivity contribution >= 4 is 71.9 Å². The minimum Gasteiger partial charge on any atom is -0.381 e. The van der Waals surface area contributed by atoms with Crippen molar-refractivity contribution in [3.05, 3.63) is 184 Å². The van der Waals surface area contributed by atoms with Crippen LogP contribution in [0.25, 0.3) is 67.9 Å². The molecule has 32 heteroatoms. The first-order chi connectivity index (χ1) is 57.6. The number of hydrogen-bond donors (Lipinski definition) is 10. The second-order valence-corrected chi connectivity index (χ2v) is 37.8. The number of imidazole rings is 4. The van der Waals surface area contributed by atoms with Gasteiger partial charge < -0.3 is 44.8 Å². The van der Waals surface area contributed by atoms with Crippen molar-refractivity contribution in [2.24, 2.45) is 23.7 Å². The van der Waals surface area contributed by atoms with Crippen LogP contribution in [0.3, 0.4) is 0 Å². The molecule has 4 saturated heterocycles. The average molecular weight is 1660 g/mol. The van der Waals surface area contributed by atoms with E-state index in [-0.39, 0.29) is 51.8 Å². The van der Waals surface area contributed by atoms with Crippen molar-refractivity contribution in [3.8, 4) is 23.8 Å². The Balaban J connectivity index is 0.000000114. The fourth-order valence-corrected chi connectivity index (χ4v) is 19.2. The molecule has 12 aromatic rings. The number of benzene rings is 4. The van der Waals surface area contributed by atoms with Crippen LogP contribution >= 0.6 is 0 Å². The van der Waals surface area contributed by atoms with Crippen molar-refractivity contribution in [1.82, 2.24) is 98.0 Å². The number of amides is 3. The number of likely N-dealkylation sites (tertiary alicyclic amines) is 3. The zero-order valence-corrected chi connectivity index (χ0v) is 70.0. The topological polar surface area (TPSA) is 405 Å². The Labute approximate surface area is 693 Å². The first-order valence-corrected chi connectivity index (χ1v) is 44.9. The summed E-state index contributed by atoms with van der Waals surface area (Å²) in [4.78, 5) is 127. The van der Waals surface area contributed by atoms with Gasteiger partial charge in [0, 0.05) is 128 Å². The van der Waals surface area contributed by atoms with Gasteiger partial charge in [-0.15, -0.1) is 0 Å². The van der Waals surface area contributed by atoms with Gasteiger partial charge in [-0.25, -0.2) is 32.7 Å². The number of sulfonamides is 1. The van der Waals surface area contributed by atoms with E-state index in [4.69, 9.17) is 0 Å². The quantitative estimate of drug-likeness (QED) is 0.0339. The molecular formula is C88H110N20O11S. The standard InChI is InChI=1S/C24H31N5O3.C23H29N5O3.C21H25N5O2.C20H25N5O3S/c1-24(2,32)22(31)28-13-11-15(12-14-28)7-10-17-20(16-8-9-16)27-29(21(17)30)23-25-18-5-3-4-6-19(18)26-23;1-23(2,31)21(30)27-11-5-6-14(13-27)12-16-19(15-9-10-15)26-28(20(16)29)22-24-17-7-3-4-8-18(17)25-22;1-13(27)25-10-4-5-14(12-25)11-16-19(15-8-9-15)24-26(20(16)28)21-22-17-6-2-3-7-18(17)23-21;1-29(27,28)24-10-4-5-13(12-24)11-15-18(14-8-9-14)23-25(19(15)26)20-21-16-6-2-3-7-17(16)22-20/h3-6,15-16,27,32H,7-14H2,1-2H3,(H,25,26);3-4,7-8,14-15,26,31H,5-6,9-13H2,1-2H3,(H,24,25);2-3,6-7,14-15,24H,4-5,8-12H2,1H3,(H,22,23);2-3,6-7,13-14,23H,4-5,8-12H2,1H3,(H,21,22). The number of nitrogens with zero attached hydrogens (tertiary/aromatic N) is 12. The number of para-hydroxylation sites is 8. The lowest BCUT2D eigenvalue weighted by Gasteiger charge is -2.35. The van der Waals surface area contributed by atoms with Crippen molar-refractivity contribution in [1.29, 1.82) is 0 Å². The summed E-state index contributed by atoms with van der Waals surface area (Å²) < 4.78 is 31.6. The molecule has 8 fully saturated rings. The lowest BCUT2D eigenvalue weighted by molar-refractivity contribution is -0.150. The lowest BCUT2D eigenvalue weighted by Crippen LogP contribution is -2.49. The van der Waals surface area contributed by atoms with Gasteiger partial charge in [-0.2, -0.15) is 18.7 Å². The SMILES string of the molecule is CC(=O)N1CCCC(Cc2c(C3CC3)[nH]n(-c3nc4ccccc4[nH]3)c2=O)C1.CC(C)(O)C(=O)N1CCC(CCc2c(C3CC3)[nH]n(-c3nc4ccccc4[nH]3)c2=O)CC1.CC(C)(O)C(=O)N1CCCC(Cc2c(C3CC3)[nH]n(-c3nc4ccccc4[nH]3)c2=O)C1.CS(=O)(=O)N1CCCC(Cc2c(C3CC3)[nH]n(-c3nc4ccccc4[nH]3)c2=O)C1. The van der Waals surface area contributed by atoms with Crippen LogP contribution in [0.5, 0.6) is 0 Å². The largest absolute Gasteiger partial charge is 0.381 e. The first-order valence-electron chi connectivity index (χ1n) is 43.0. The molecule has 0 radical (unpaired) electrons. The molecule has 20 rings (SSSR count). The van der Waals surface area contributed by atoms with E-state index in [1.807, 2.05) is 102 Å². The van der Waals surface area contributed by atoms with E-state index in [1.165, 1.54) is 29.5 Å². The van der Waals surface area contributed by atoms with E-state index in [1.54, 1.807) is 44.2 Å². The van der Waals surface area contributed by atoms with Crippen LogP contribution in [0.4, 0.5) is 0 Å². The summed E-state index contributed by atoms with van der Waals surface area (Å²) in [6.07, 6.45) is 21.2. The van der Waals surface area contributed by atoms with Crippen LogP contribution in [0, 0.1) is 23.7 Å². The molecule has 31 nitrogen and oxygen atoms in total. The molecule has 4 saturated carbocycles. The van der Waals surface area contributed by atoms with Crippen LogP contribution in [-0.2, 0) is 50.1 Å². The zero-order chi connectivity index (χ0) is 83.6. The van der Waals surface area contributed by atoms with Crippen molar-refractivity contribution < 1.29 is 33.0 Å². The number of H-pyrrole nitrogens is 8. The first kappa shape index (κ1) is 81.4. The van der Waals surface area contributed by atoms with Gasteiger partial charge in [0.2, 0.25) is 39.7 Å². The highest BCUT2D eigenvalue weighted by atomic mass is 32.2. The molecule has 4 aromatic carbocycles. The molecule has 8 aliphatic rings. The Kier molecular flexibility index (Phi) is 22.5. The molecule has 3 unspecified atom stereocenters. The molecule has 12 heterocycles. The minimum atomic E-state index is -3.20. The maximum Gasteiger partial charge on any atom is 0.277 e. The molecule has 634 valence electrons. The van der Waals surface area contributed by atoms with Gasteiger partial charge in [-0.1, -0.05) is 48.5 Å². The van der Waals surface area contributed by atoms with Crippen molar-refractivity contribution in [3.63, 3.8) is 0 Å². The second-order valence-electron chi connectivity index (χ2n) is 35.9. The molecule has 0 bridgehead atoms. The predicted molar refractivity (Wildman–Crippen MR) is 457 cm³/mol. The monoisotopic (exact) mass is 1650 g/mol. The van der Waals surface area contributed by atoms with Crippen LogP contribution in [-0.4, -0.2) is 204 Å². The van der Waals surface area contributed by atoms with Crippen LogP contribution in [0.1, 0.15) is 212 Å². The maximum absolute atomic E-state index is 13.4. The Morgan fingerprint density at radius 3 is 1.04 bits per heavy atom. The number of piperidine rings is 4. The number of fused-ring (bicyclic) bond motifs is 4. The summed E-state index contributed by atoms with van der Waals surface area (Å²) in [5.41, 5.74) is 11.5. The molecular weight excluding hydrogens is 1550 g/mol. The van der Waals surface area contributed by atoms with E-state index in [9.17, 15) is 52.2 Å². The van der Waals surface area contributed by atoms with Gasteiger partial charge in [-0.05, 0) is 235 Å². The van der Waals surface area contributed by atoms with Crippen LogP contribution in [0.15, 0.2) is 116 Å². The average Bonchev–Trinajstić information content (AvgIpc) is 1.62. The van der Waals surface area contributed by atoms with Gasteiger partial charge in [-0.3, -0.25) is 54.0 Å². The summed E-state index contributed by atoms with van der Waals surface area (Å²) in [6.45, 7) is 13.0. The van der Waals surface area contributed by atoms with E-state index >= 15 is 0 Å². The molecule has 10 N–H and O–H groups in total. The zero-order valence-electron chi connectivity index (χ0n) is 69.2. The smallest absolute Gasteiger partial charge is 0.277 e. The highest BCUT2D eigenvalue weighted by molar-refractivity contribution is 7.88. The number of carbonyl (C=O) groups excluding carboxylic acids is 3. The summed E-state index contributed by atoms with van der Waals surface area (Å²) in [5.74, 6) is 4.57. The number of aromatic nitrogens is 16. The number of aliphatic hydroxyl groups is 2. The molecule has 3 atom stereocenters. The highest BCUT2D eigenvalue weighted by Crippen LogP contribution is 2.45. The molecule has 8 aromatic heterocycles. The lowest BCUT2D eigenvalue weighted by atomic mass is 9.89. The normalized spacial score (nSPS) is 19.7. The maximum atomic E-state index is 13.4. The number of nitrogens with one attached hydrogen (secondary N) is 8. The number of hydrogen-bond acceptors (Lipinski definition) is 15. The molecule has 4 aliphatic carbocycles. The molecule has 0 spiro atoms. The Morgan fingerprint density at radius 1 is 0.400 bits per heavy atom. The van der Waals surface area contributed by atoms with Crippen molar-refractivity contribution in [2.45, 2.75) is 204 Å². The third kappa shape index (κ3) is 17.8. The summed E-state index contributed by atoms with van der Waals surface area (Å²) in [7, 11) is -3.20. The van der Waals surface area contributed by atoms with E-state index in [0.29, 0.717) is 111 Å². The number of rotatable bonds is 20. The van der Waals surface area contributed by atoms with Gasteiger partial charge in [0.25, 0.3) is 34.1 Å². The van der Waals surface area contributed by atoms with Crippen LogP contribution in [0.2, 0.25) is 0 Å². The van der Waals surface area contributed by atoms with E-state index in [0.717, 1.165) is 224 Å². The molecule has 3 amide bonds. The fraction of sp³-hybridized carbons (Fsp3) is 0.511. The van der Waals surface area contributed by atoms with E-state index in [2.05, 4.69) is 60.3 Å². The van der Waals surface area contributed by atoms with Crippen molar-refractivity contribution in [2.75, 3.05) is 58.6 Å². The number of aromatic amines is 8. The summed E-state index contributed by atoms with van der Waals surface area (Å²) in [5, 5.41) is 33.4. The minimum absolute atomic E-state index is 0.0131. The second kappa shape index (κ2) is 33.2. The third-order valence-corrected chi connectivity index (χ3v) is 26.6. The molecule has 4 aliphatic heterocycles. The highest BCUT2D eigenvalue weighted by Gasteiger charge is 2.40. The fourth-order valence-electron chi connectivity index (χ4n) is 18.2. The van der Waals surface area contributed by atoms with Gasteiger partial charge in [0.15, 0.2) is 0 Å². The summed E-state index contributed by atoms with van der Waals surface area (Å²) >= 11 is 0.